The van der Waals surface area contributed by atoms with Gasteiger partial charge in [-0.25, -0.2) is 4.79 Å². The minimum atomic E-state index is -0.322. The van der Waals surface area contributed by atoms with Crippen LogP contribution in [0.2, 0.25) is 0 Å². The number of amides is 3. The molecule has 1 fully saturated rings. The number of carbonyl (C=O) groups is 2. The number of nitrogens with one attached hydrogen (secondary N) is 2. The van der Waals surface area contributed by atoms with Crippen molar-refractivity contribution in [1.82, 2.24) is 15.5 Å². The summed E-state index contributed by atoms with van der Waals surface area (Å²) in [5.41, 5.74) is 2.05. The molecule has 1 aliphatic rings. The first-order valence-electron chi connectivity index (χ1n) is 12.0. The molecule has 0 aromatic heterocycles. The summed E-state index contributed by atoms with van der Waals surface area (Å²) in [5.74, 6) is 1.71. The van der Waals surface area contributed by atoms with E-state index in [-0.39, 0.29) is 29.8 Å². The fourth-order valence-corrected chi connectivity index (χ4v) is 4.52. The van der Waals surface area contributed by atoms with Crippen LogP contribution in [-0.4, -0.2) is 63.8 Å². The minimum absolute atomic E-state index is 0.00793. The maximum atomic E-state index is 13.2. The Kier molecular flexibility index (Phi) is 9.23. The second-order valence-corrected chi connectivity index (χ2v) is 9.11. The summed E-state index contributed by atoms with van der Waals surface area (Å²) in [4.78, 5) is 27.8. The highest BCUT2D eigenvalue weighted by atomic mass is 16.5. The van der Waals surface area contributed by atoms with Crippen LogP contribution in [0.5, 0.6) is 17.2 Å². The number of benzene rings is 2. The standard InChI is InChI=1S/C27H37N3O5/c1-18(2)29-27(32)30-16-21(20-10-11-24(34-4)25(15-20)35-5)14-22(17-30)26(31)28-13-12-19-8-6-7-9-23(19)33-3/h6-11,15,18,21-22H,12-14,16-17H2,1-5H3,(H,28,31)(H,29,32)/t21-,22-/m0/s1. The molecule has 1 aliphatic heterocycles. The molecule has 35 heavy (non-hydrogen) atoms. The molecule has 8 nitrogen and oxygen atoms in total. The van der Waals surface area contributed by atoms with E-state index in [0.717, 1.165) is 16.9 Å². The van der Waals surface area contributed by atoms with Gasteiger partial charge in [0.05, 0.1) is 27.2 Å². The van der Waals surface area contributed by atoms with Gasteiger partial charge in [-0.1, -0.05) is 24.3 Å². The molecular weight excluding hydrogens is 446 g/mol. The summed E-state index contributed by atoms with van der Waals surface area (Å²) < 4.78 is 16.2. The van der Waals surface area contributed by atoms with Crippen LogP contribution in [0.25, 0.3) is 0 Å². The lowest BCUT2D eigenvalue weighted by atomic mass is 9.84. The lowest BCUT2D eigenvalue weighted by molar-refractivity contribution is -0.126. The quantitative estimate of drug-likeness (QED) is 0.569. The molecule has 0 spiro atoms. The molecule has 0 aliphatic carbocycles. The Balaban J connectivity index is 1.74. The van der Waals surface area contributed by atoms with Crippen LogP contribution in [0.4, 0.5) is 4.79 Å². The third-order valence-corrected chi connectivity index (χ3v) is 6.29. The molecule has 2 aromatic carbocycles. The number of carbonyl (C=O) groups excluding carboxylic acids is 2. The molecule has 8 heteroatoms. The Labute approximate surface area is 207 Å². The lowest BCUT2D eigenvalue weighted by Crippen LogP contribution is -2.52. The van der Waals surface area contributed by atoms with Gasteiger partial charge in [0.25, 0.3) is 0 Å². The van der Waals surface area contributed by atoms with Crippen LogP contribution < -0.4 is 24.8 Å². The molecule has 1 saturated heterocycles. The van der Waals surface area contributed by atoms with Crippen LogP contribution in [0.15, 0.2) is 42.5 Å². The monoisotopic (exact) mass is 483 g/mol. The van der Waals surface area contributed by atoms with Gasteiger partial charge in [-0.05, 0) is 56.0 Å². The maximum absolute atomic E-state index is 13.2. The number of likely N-dealkylation sites (tertiary alicyclic amines) is 1. The molecule has 3 amide bonds. The van der Waals surface area contributed by atoms with Crippen molar-refractivity contribution in [3.8, 4) is 17.2 Å². The predicted octanol–water partition coefficient (Wildman–Crippen LogP) is 3.59. The highest BCUT2D eigenvalue weighted by Gasteiger charge is 2.35. The van der Waals surface area contributed by atoms with Crippen molar-refractivity contribution < 1.29 is 23.8 Å². The van der Waals surface area contributed by atoms with Crippen molar-refractivity contribution >= 4 is 11.9 Å². The van der Waals surface area contributed by atoms with Crippen molar-refractivity contribution in [3.63, 3.8) is 0 Å². The van der Waals surface area contributed by atoms with Crippen molar-refractivity contribution in [2.45, 2.75) is 38.6 Å². The molecule has 2 atom stereocenters. The van der Waals surface area contributed by atoms with E-state index in [9.17, 15) is 9.59 Å². The molecule has 2 N–H and O–H groups in total. The SMILES string of the molecule is COc1ccccc1CCNC(=O)[C@H]1C[C@H](c2ccc(OC)c(OC)c2)CN(C(=O)NC(C)C)C1. The Hall–Kier alpha value is -3.42. The number of hydrogen-bond donors (Lipinski definition) is 2. The van der Waals surface area contributed by atoms with Crippen LogP contribution in [0.3, 0.4) is 0 Å². The number of methoxy groups -OCH3 is 3. The van der Waals surface area contributed by atoms with Crippen molar-refractivity contribution in [3.05, 3.63) is 53.6 Å². The van der Waals surface area contributed by atoms with E-state index in [1.807, 2.05) is 56.3 Å². The Morgan fingerprint density at radius 3 is 2.37 bits per heavy atom. The van der Waals surface area contributed by atoms with Crippen LogP contribution in [0.1, 0.15) is 37.3 Å². The largest absolute Gasteiger partial charge is 0.496 e. The summed E-state index contributed by atoms with van der Waals surface area (Å²) >= 11 is 0. The maximum Gasteiger partial charge on any atom is 0.317 e. The second-order valence-electron chi connectivity index (χ2n) is 9.11. The van der Waals surface area contributed by atoms with Crippen molar-refractivity contribution in [1.29, 1.82) is 0 Å². The minimum Gasteiger partial charge on any atom is -0.496 e. The van der Waals surface area contributed by atoms with Gasteiger partial charge in [-0.2, -0.15) is 0 Å². The number of piperidine rings is 1. The van der Waals surface area contributed by atoms with E-state index in [2.05, 4.69) is 10.6 Å². The summed E-state index contributed by atoms with van der Waals surface area (Å²) in [6, 6.07) is 13.4. The molecular formula is C27H37N3O5. The molecule has 1 heterocycles. The molecule has 0 unspecified atom stereocenters. The van der Waals surface area contributed by atoms with E-state index in [1.54, 1.807) is 26.2 Å². The summed E-state index contributed by atoms with van der Waals surface area (Å²) in [5, 5.41) is 6.03. The highest BCUT2D eigenvalue weighted by Crippen LogP contribution is 2.36. The van der Waals surface area contributed by atoms with E-state index in [4.69, 9.17) is 14.2 Å². The lowest BCUT2D eigenvalue weighted by Gasteiger charge is -2.38. The first-order chi connectivity index (χ1) is 16.9. The number of ether oxygens (including phenoxy) is 3. The number of para-hydroxylation sites is 1. The highest BCUT2D eigenvalue weighted by molar-refractivity contribution is 5.81. The van der Waals surface area contributed by atoms with Gasteiger partial charge in [0, 0.05) is 31.6 Å². The van der Waals surface area contributed by atoms with Gasteiger partial charge in [-0.15, -0.1) is 0 Å². The predicted molar refractivity (Wildman–Crippen MR) is 135 cm³/mol. The molecule has 0 saturated carbocycles. The summed E-state index contributed by atoms with van der Waals surface area (Å²) in [6.45, 7) is 5.25. The Morgan fingerprint density at radius 2 is 1.69 bits per heavy atom. The molecule has 2 aromatic rings. The Morgan fingerprint density at radius 1 is 0.971 bits per heavy atom. The van der Waals surface area contributed by atoms with Gasteiger partial charge in [0.2, 0.25) is 5.91 Å². The zero-order valence-corrected chi connectivity index (χ0v) is 21.3. The van der Waals surface area contributed by atoms with Gasteiger partial charge >= 0.3 is 6.03 Å². The van der Waals surface area contributed by atoms with E-state index in [0.29, 0.717) is 44.0 Å². The number of nitrogens with zero attached hydrogens (tertiary/aromatic N) is 1. The summed E-state index contributed by atoms with van der Waals surface area (Å²) in [6.07, 6.45) is 1.31. The second kappa shape index (κ2) is 12.3. The van der Waals surface area contributed by atoms with Crippen molar-refractivity contribution in [2.75, 3.05) is 41.0 Å². The zero-order chi connectivity index (χ0) is 25.4. The molecule has 0 bridgehead atoms. The fraction of sp³-hybridized carbons (Fsp3) is 0.481. The van der Waals surface area contributed by atoms with Gasteiger partial charge in [-0.3, -0.25) is 4.79 Å². The molecule has 0 radical (unpaired) electrons. The van der Waals surface area contributed by atoms with Crippen LogP contribution in [0, 0.1) is 5.92 Å². The topological polar surface area (TPSA) is 89.1 Å². The number of hydrogen-bond acceptors (Lipinski definition) is 5. The normalized spacial score (nSPS) is 17.6. The molecule has 3 rings (SSSR count). The first-order valence-corrected chi connectivity index (χ1v) is 12.0. The zero-order valence-electron chi connectivity index (χ0n) is 21.3. The average molecular weight is 484 g/mol. The van der Waals surface area contributed by atoms with Gasteiger partial charge < -0.3 is 29.7 Å². The third kappa shape index (κ3) is 6.81. The fourth-order valence-electron chi connectivity index (χ4n) is 4.52. The molecule has 190 valence electrons. The smallest absolute Gasteiger partial charge is 0.317 e. The number of urea groups is 1. The first kappa shape index (κ1) is 26.2. The summed E-state index contributed by atoms with van der Waals surface area (Å²) in [7, 11) is 4.84. The van der Waals surface area contributed by atoms with Crippen LogP contribution >= 0.6 is 0 Å². The van der Waals surface area contributed by atoms with Crippen LogP contribution in [-0.2, 0) is 11.2 Å². The third-order valence-electron chi connectivity index (χ3n) is 6.29. The number of rotatable bonds is 9. The van der Waals surface area contributed by atoms with E-state index < -0.39 is 0 Å². The van der Waals surface area contributed by atoms with E-state index >= 15 is 0 Å². The van der Waals surface area contributed by atoms with Crippen molar-refractivity contribution in [2.24, 2.45) is 5.92 Å². The van der Waals surface area contributed by atoms with Gasteiger partial charge in [0.15, 0.2) is 11.5 Å². The average Bonchev–Trinajstić information content (AvgIpc) is 2.87. The Bertz CT molecular complexity index is 1010. The van der Waals surface area contributed by atoms with E-state index in [1.165, 1.54) is 0 Å². The van der Waals surface area contributed by atoms with Gasteiger partial charge in [0.1, 0.15) is 5.75 Å².